The highest BCUT2D eigenvalue weighted by molar-refractivity contribution is 7.17. The number of nitrogens with zero attached hydrogens (tertiary/aromatic N) is 1. The van der Waals surface area contributed by atoms with Crippen LogP contribution in [0.2, 0.25) is 0 Å². The third-order valence-electron chi connectivity index (χ3n) is 4.36. The fourth-order valence-corrected chi connectivity index (χ4v) is 3.76. The zero-order valence-corrected chi connectivity index (χ0v) is 13.6. The van der Waals surface area contributed by atoms with Crippen LogP contribution in [0.1, 0.15) is 25.8 Å². The molecule has 0 saturated carbocycles. The summed E-state index contributed by atoms with van der Waals surface area (Å²) in [6.45, 7) is 4.53. The zero-order valence-electron chi connectivity index (χ0n) is 12.8. The van der Waals surface area contributed by atoms with E-state index in [1.54, 1.807) is 30.1 Å². The van der Waals surface area contributed by atoms with Crippen molar-refractivity contribution in [3.63, 3.8) is 0 Å². The van der Waals surface area contributed by atoms with Crippen LogP contribution in [-0.4, -0.2) is 35.5 Å². The highest BCUT2D eigenvalue weighted by atomic mass is 32.1. The maximum Gasteiger partial charge on any atom is 0.331 e. The molecular weight excluding hydrogens is 298 g/mol. The van der Waals surface area contributed by atoms with Crippen molar-refractivity contribution in [2.45, 2.75) is 32.2 Å². The van der Waals surface area contributed by atoms with E-state index >= 15 is 0 Å². The Kier molecular flexibility index (Phi) is 3.91. The highest BCUT2D eigenvalue weighted by Crippen LogP contribution is 2.33. The molecule has 22 heavy (non-hydrogen) atoms. The number of benzene rings is 1. The van der Waals surface area contributed by atoms with Gasteiger partial charge in [0, 0.05) is 11.2 Å². The smallest absolute Gasteiger partial charge is 0.331 e. The molecule has 1 aliphatic rings. The number of esters is 1. The van der Waals surface area contributed by atoms with Crippen molar-refractivity contribution in [1.82, 2.24) is 4.90 Å². The number of carbonyl (C=O) groups is 2. The SMILES string of the molecule is CCOC(=O)C1(C)CCN1C(=O)Cc1cccc2sccc12. The molecule has 1 aromatic carbocycles. The summed E-state index contributed by atoms with van der Waals surface area (Å²) in [6.07, 6.45) is 0.989. The van der Waals surface area contributed by atoms with Crippen LogP contribution in [0.25, 0.3) is 10.1 Å². The van der Waals surface area contributed by atoms with Gasteiger partial charge in [-0.2, -0.15) is 0 Å². The number of hydrogen-bond acceptors (Lipinski definition) is 4. The van der Waals surface area contributed by atoms with Crippen LogP contribution >= 0.6 is 11.3 Å². The first kappa shape index (κ1) is 15.0. The Morgan fingerprint density at radius 3 is 2.86 bits per heavy atom. The zero-order chi connectivity index (χ0) is 15.7. The first-order chi connectivity index (χ1) is 10.6. The molecule has 4 nitrogen and oxygen atoms in total. The lowest BCUT2D eigenvalue weighted by atomic mass is 9.86. The van der Waals surface area contributed by atoms with Gasteiger partial charge < -0.3 is 9.64 Å². The van der Waals surface area contributed by atoms with E-state index in [1.807, 2.05) is 23.6 Å². The van der Waals surface area contributed by atoms with Gasteiger partial charge in [-0.3, -0.25) is 4.79 Å². The van der Waals surface area contributed by atoms with Gasteiger partial charge >= 0.3 is 5.97 Å². The van der Waals surface area contributed by atoms with E-state index in [1.165, 1.54) is 4.70 Å². The van der Waals surface area contributed by atoms with E-state index in [4.69, 9.17) is 4.74 Å². The van der Waals surface area contributed by atoms with Crippen molar-refractivity contribution < 1.29 is 14.3 Å². The maximum atomic E-state index is 12.6. The van der Waals surface area contributed by atoms with Crippen molar-refractivity contribution in [2.75, 3.05) is 13.2 Å². The van der Waals surface area contributed by atoms with Gasteiger partial charge in [0.05, 0.1) is 13.0 Å². The van der Waals surface area contributed by atoms with Crippen LogP contribution in [0.3, 0.4) is 0 Å². The molecule has 0 spiro atoms. The largest absolute Gasteiger partial charge is 0.464 e. The molecule has 2 aromatic rings. The van der Waals surface area contributed by atoms with Crippen molar-refractivity contribution in [2.24, 2.45) is 0 Å². The molecule has 0 bridgehead atoms. The van der Waals surface area contributed by atoms with E-state index in [0.29, 0.717) is 26.0 Å². The molecule has 0 N–H and O–H groups in total. The minimum atomic E-state index is -0.796. The number of ether oxygens (including phenoxy) is 1. The van der Waals surface area contributed by atoms with Crippen LogP contribution < -0.4 is 0 Å². The van der Waals surface area contributed by atoms with Gasteiger partial charge in [0.1, 0.15) is 5.54 Å². The van der Waals surface area contributed by atoms with E-state index in [-0.39, 0.29) is 11.9 Å². The Bertz CT molecular complexity index is 724. The summed E-state index contributed by atoms with van der Waals surface area (Å²) >= 11 is 1.67. The molecule has 1 saturated heterocycles. The second-order valence-electron chi connectivity index (χ2n) is 5.72. The summed E-state index contributed by atoms with van der Waals surface area (Å²) < 4.78 is 6.29. The van der Waals surface area contributed by atoms with E-state index in [9.17, 15) is 9.59 Å². The molecule has 0 radical (unpaired) electrons. The maximum absolute atomic E-state index is 12.6. The van der Waals surface area contributed by atoms with Gasteiger partial charge in [0.15, 0.2) is 0 Å². The third kappa shape index (κ3) is 2.39. The molecule has 3 rings (SSSR count). The second-order valence-corrected chi connectivity index (χ2v) is 6.66. The fourth-order valence-electron chi connectivity index (χ4n) is 2.93. The normalized spacial score (nSPS) is 20.7. The van der Waals surface area contributed by atoms with Gasteiger partial charge in [0.2, 0.25) is 5.91 Å². The fraction of sp³-hybridized carbons (Fsp3) is 0.412. The lowest BCUT2D eigenvalue weighted by Crippen LogP contribution is -2.65. The first-order valence-corrected chi connectivity index (χ1v) is 8.37. The number of hydrogen-bond donors (Lipinski definition) is 0. The Morgan fingerprint density at radius 1 is 1.36 bits per heavy atom. The molecule has 1 atom stereocenters. The quantitative estimate of drug-likeness (QED) is 0.814. The van der Waals surface area contributed by atoms with Crippen LogP contribution in [0.4, 0.5) is 0 Å². The van der Waals surface area contributed by atoms with Crippen LogP contribution in [-0.2, 0) is 20.7 Å². The number of carbonyl (C=O) groups excluding carboxylic acids is 2. The summed E-state index contributed by atoms with van der Waals surface area (Å²) in [5.41, 5.74) is 0.220. The van der Waals surface area contributed by atoms with E-state index in [2.05, 4.69) is 6.07 Å². The molecule has 1 aromatic heterocycles. The third-order valence-corrected chi connectivity index (χ3v) is 5.24. The number of likely N-dealkylation sites (tertiary alicyclic amines) is 1. The molecular formula is C17H19NO3S. The van der Waals surface area contributed by atoms with Crippen molar-refractivity contribution in [3.8, 4) is 0 Å². The lowest BCUT2D eigenvalue weighted by molar-refractivity contribution is -0.173. The molecule has 1 amide bonds. The second kappa shape index (κ2) is 5.72. The van der Waals surface area contributed by atoms with E-state index in [0.717, 1.165) is 10.9 Å². The molecule has 5 heteroatoms. The first-order valence-electron chi connectivity index (χ1n) is 7.49. The molecule has 2 heterocycles. The van der Waals surface area contributed by atoms with Gasteiger partial charge in [-0.25, -0.2) is 4.79 Å². The lowest BCUT2D eigenvalue weighted by Gasteiger charge is -2.48. The average molecular weight is 317 g/mol. The number of thiophene rings is 1. The standard InChI is InChI=1S/C17H19NO3S/c1-3-21-16(20)17(2)8-9-18(17)15(19)11-12-5-4-6-14-13(12)7-10-22-14/h4-7,10H,3,8-9,11H2,1-2H3. The Morgan fingerprint density at radius 2 is 2.18 bits per heavy atom. The molecule has 1 aliphatic heterocycles. The van der Waals surface area contributed by atoms with Crippen molar-refractivity contribution in [1.29, 1.82) is 0 Å². The number of amides is 1. The summed E-state index contributed by atoms with van der Waals surface area (Å²) in [4.78, 5) is 26.3. The monoisotopic (exact) mass is 317 g/mol. The average Bonchev–Trinajstić information content (AvgIpc) is 2.95. The highest BCUT2D eigenvalue weighted by Gasteiger charge is 2.50. The van der Waals surface area contributed by atoms with Crippen LogP contribution in [0.15, 0.2) is 29.6 Å². The molecule has 116 valence electrons. The van der Waals surface area contributed by atoms with Crippen molar-refractivity contribution in [3.05, 3.63) is 35.2 Å². The summed E-state index contributed by atoms with van der Waals surface area (Å²) in [5, 5.41) is 3.16. The van der Waals surface area contributed by atoms with Gasteiger partial charge in [-0.05, 0) is 48.7 Å². The summed E-state index contributed by atoms with van der Waals surface area (Å²) in [6, 6.07) is 8.06. The minimum absolute atomic E-state index is 0.0134. The number of rotatable bonds is 4. The molecule has 1 fully saturated rings. The van der Waals surface area contributed by atoms with E-state index < -0.39 is 5.54 Å². The Balaban J connectivity index is 1.78. The summed E-state index contributed by atoms with van der Waals surface area (Å²) in [7, 11) is 0. The topological polar surface area (TPSA) is 46.6 Å². The Labute approximate surface area is 133 Å². The van der Waals surface area contributed by atoms with Crippen LogP contribution in [0.5, 0.6) is 0 Å². The molecule has 1 unspecified atom stereocenters. The van der Waals surface area contributed by atoms with Gasteiger partial charge in [-0.15, -0.1) is 11.3 Å². The summed E-state index contributed by atoms with van der Waals surface area (Å²) in [5.74, 6) is -0.316. The minimum Gasteiger partial charge on any atom is -0.464 e. The number of fused-ring (bicyclic) bond motifs is 1. The molecule has 0 aliphatic carbocycles. The van der Waals surface area contributed by atoms with Crippen molar-refractivity contribution >= 4 is 33.3 Å². The van der Waals surface area contributed by atoms with Gasteiger partial charge in [-0.1, -0.05) is 12.1 Å². The predicted molar refractivity (Wildman–Crippen MR) is 86.9 cm³/mol. The Hall–Kier alpha value is -1.88. The van der Waals surface area contributed by atoms with Crippen LogP contribution in [0, 0.1) is 0 Å². The van der Waals surface area contributed by atoms with Gasteiger partial charge in [0.25, 0.3) is 0 Å². The predicted octanol–water partition coefficient (Wildman–Crippen LogP) is 3.00.